The van der Waals surface area contributed by atoms with Gasteiger partial charge in [0.2, 0.25) is 0 Å². The van der Waals surface area contributed by atoms with Crippen molar-refractivity contribution in [2.75, 3.05) is 20.3 Å². The molecule has 0 fully saturated rings. The van der Waals surface area contributed by atoms with E-state index in [9.17, 15) is 4.79 Å². The van der Waals surface area contributed by atoms with Crippen molar-refractivity contribution in [2.24, 2.45) is 0 Å². The summed E-state index contributed by atoms with van der Waals surface area (Å²) in [5.74, 6) is -1.10. The Balaban J connectivity index is 2.85. The maximum atomic E-state index is 10.9. The highest BCUT2D eigenvalue weighted by molar-refractivity contribution is 5.86. The molecular formula is C9H15N3O4. The molecular weight excluding hydrogens is 214 g/mol. The number of aromatic nitrogens is 3. The zero-order valence-electron chi connectivity index (χ0n) is 9.09. The Hall–Kier alpha value is -1.47. The molecule has 7 nitrogen and oxygen atoms in total. The fourth-order valence-corrected chi connectivity index (χ4v) is 1.35. The minimum atomic E-state index is -1.10. The smallest absolute Gasteiger partial charge is 0.358 e. The van der Waals surface area contributed by atoms with Gasteiger partial charge in [0.15, 0.2) is 5.69 Å². The van der Waals surface area contributed by atoms with Gasteiger partial charge in [0.25, 0.3) is 0 Å². The van der Waals surface area contributed by atoms with Crippen LogP contribution in [0.5, 0.6) is 0 Å². The Kier molecular flexibility index (Phi) is 4.87. The van der Waals surface area contributed by atoms with E-state index in [1.807, 2.05) is 0 Å². The van der Waals surface area contributed by atoms with Crippen LogP contribution in [0.15, 0.2) is 0 Å². The molecule has 0 aromatic carbocycles. The van der Waals surface area contributed by atoms with Crippen LogP contribution in [0, 0.1) is 0 Å². The van der Waals surface area contributed by atoms with Gasteiger partial charge in [-0.2, -0.15) is 0 Å². The Morgan fingerprint density at radius 1 is 1.56 bits per heavy atom. The van der Waals surface area contributed by atoms with E-state index in [-0.39, 0.29) is 12.3 Å². The summed E-state index contributed by atoms with van der Waals surface area (Å²) >= 11 is 0. The summed E-state index contributed by atoms with van der Waals surface area (Å²) in [6.07, 6.45) is 0.957. The van der Waals surface area contributed by atoms with Crippen molar-refractivity contribution in [3.63, 3.8) is 0 Å². The van der Waals surface area contributed by atoms with Crippen LogP contribution in [0.1, 0.15) is 22.6 Å². The lowest BCUT2D eigenvalue weighted by Gasteiger charge is -2.05. The van der Waals surface area contributed by atoms with Gasteiger partial charge in [0, 0.05) is 26.7 Å². The van der Waals surface area contributed by atoms with E-state index < -0.39 is 5.97 Å². The largest absolute Gasteiger partial charge is 0.476 e. The van der Waals surface area contributed by atoms with Crippen LogP contribution in [0.3, 0.4) is 0 Å². The number of carbonyl (C=O) groups is 1. The fraction of sp³-hybridized carbons (Fsp3) is 0.667. The predicted octanol–water partition coefficient (Wildman–Crippen LogP) is -0.452. The number of methoxy groups -OCH3 is 1. The second-order valence-electron chi connectivity index (χ2n) is 3.23. The summed E-state index contributed by atoms with van der Waals surface area (Å²) in [5.41, 5.74) is 0.484. The number of hydrogen-bond donors (Lipinski definition) is 2. The third-order valence-electron chi connectivity index (χ3n) is 2.11. The van der Waals surface area contributed by atoms with Crippen molar-refractivity contribution in [3.05, 3.63) is 11.4 Å². The van der Waals surface area contributed by atoms with Crippen LogP contribution >= 0.6 is 0 Å². The highest BCUT2D eigenvalue weighted by Crippen LogP contribution is 2.07. The first kappa shape index (κ1) is 12.6. The lowest BCUT2D eigenvalue weighted by molar-refractivity contribution is 0.0688. The average molecular weight is 229 g/mol. The molecule has 2 N–H and O–H groups in total. The van der Waals surface area contributed by atoms with Crippen LogP contribution in [0.2, 0.25) is 0 Å². The number of aliphatic hydroxyl groups excluding tert-OH is 1. The van der Waals surface area contributed by atoms with Gasteiger partial charge in [-0.15, -0.1) is 5.10 Å². The number of hydrogen-bond acceptors (Lipinski definition) is 5. The summed E-state index contributed by atoms with van der Waals surface area (Å²) in [7, 11) is 1.54. The van der Waals surface area contributed by atoms with E-state index in [1.54, 1.807) is 7.11 Å². The predicted molar refractivity (Wildman–Crippen MR) is 54.3 cm³/mol. The molecule has 1 aromatic rings. The van der Waals surface area contributed by atoms with E-state index in [4.69, 9.17) is 14.9 Å². The van der Waals surface area contributed by atoms with Crippen LogP contribution in [0.4, 0.5) is 0 Å². The monoisotopic (exact) mass is 229 g/mol. The van der Waals surface area contributed by atoms with Gasteiger partial charge in [0.1, 0.15) is 0 Å². The Morgan fingerprint density at radius 2 is 2.31 bits per heavy atom. The summed E-state index contributed by atoms with van der Waals surface area (Å²) < 4.78 is 6.40. The molecule has 0 saturated heterocycles. The summed E-state index contributed by atoms with van der Waals surface area (Å²) in [6, 6.07) is 0. The van der Waals surface area contributed by atoms with E-state index >= 15 is 0 Å². The van der Waals surface area contributed by atoms with Crippen LogP contribution < -0.4 is 0 Å². The molecule has 1 heterocycles. The minimum absolute atomic E-state index is 0.0337. The molecule has 16 heavy (non-hydrogen) atoms. The molecule has 0 radical (unpaired) electrons. The van der Waals surface area contributed by atoms with Crippen molar-refractivity contribution in [1.82, 2.24) is 15.0 Å². The molecule has 0 atom stereocenters. The van der Waals surface area contributed by atoms with E-state index in [0.29, 0.717) is 31.7 Å². The zero-order chi connectivity index (χ0) is 12.0. The molecule has 1 rings (SSSR count). The quantitative estimate of drug-likeness (QED) is 0.657. The molecule has 0 saturated carbocycles. The first-order valence-electron chi connectivity index (χ1n) is 4.96. The van der Waals surface area contributed by atoms with Gasteiger partial charge >= 0.3 is 5.97 Å². The lowest BCUT2D eigenvalue weighted by Crippen LogP contribution is -2.11. The highest BCUT2D eigenvalue weighted by Gasteiger charge is 2.18. The number of carboxylic acid groups (broad SMARTS) is 1. The number of ether oxygens (including phenoxy) is 1. The van der Waals surface area contributed by atoms with Gasteiger partial charge in [-0.05, 0) is 6.42 Å². The molecule has 0 aliphatic carbocycles. The van der Waals surface area contributed by atoms with Gasteiger partial charge < -0.3 is 14.9 Å². The second-order valence-corrected chi connectivity index (χ2v) is 3.23. The third-order valence-corrected chi connectivity index (χ3v) is 2.11. The summed E-state index contributed by atoms with van der Waals surface area (Å²) in [5, 5.41) is 25.0. The topological polar surface area (TPSA) is 97.5 Å². The van der Waals surface area contributed by atoms with Gasteiger partial charge in [-0.25, -0.2) is 9.48 Å². The Bertz CT molecular complexity index is 351. The van der Waals surface area contributed by atoms with E-state index in [1.165, 1.54) is 4.68 Å². The molecule has 7 heteroatoms. The number of aliphatic hydroxyl groups is 1. The maximum absolute atomic E-state index is 10.9. The van der Waals surface area contributed by atoms with Crippen molar-refractivity contribution in [2.45, 2.75) is 19.4 Å². The number of aromatic carboxylic acids is 1. The third kappa shape index (κ3) is 3.01. The standard InChI is InChI=1S/C9H15N3O4/c1-16-6-3-7-8(9(14)15)10-11-12(7)4-2-5-13/h13H,2-6H2,1H3,(H,14,15). The molecule has 0 aliphatic heterocycles. The van der Waals surface area contributed by atoms with Crippen LogP contribution in [-0.2, 0) is 17.7 Å². The molecule has 0 spiro atoms. The van der Waals surface area contributed by atoms with Gasteiger partial charge in [0.05, 0.1) is 12.3 Å². The van der Waals surface area contributed by atoms with Crippen molar-refractivity contribution >= 4 is 5.97 Å². The van der Waals surface area contributed by atoms with E-state index in [2.05, 4.69) is 10.3 Å². The Labute approximate surface area is 92.6 Å². The van der Waals surface area contributed by atoms with Crippen molar-refractivity contribution < 1.29 is 19.7 Å². The molecule has 0 aliphatic rings. The van der Waals surface area contributed by atoms with E-state index in [0.717, 1.165) is 0 Å². The summed E-state index contributed by atoms with van der Waals surface area (Å²) in [4.78, 5) is 10.9. The molecule has 90 valence electrons. The first-order chi connectivity index (χ1) is 7.70. The number of carboxylic acids is 1. The SMILES string of the molecule is COCCc1c(C(=O)O)nnn1CCCO. The number of aryl methyl sites for hydroxylation is 1. The number of nitrogens with zero attached hydrogens (tertiary/aromatic N) is 3. The van der Waals surface area contributed by atoms with Crippen molar-refractivity contribution in [3.8, 4) is 0 Å². The molecule has 1 aromatic heterocycles. The van der Waals surface area contributed by atoms with Gasteiger partial charge in [-0.1, -0.05) is 5.21 Å². The molecule has 0 bridgehead atoms. The Morgan fingerprint density at radius 3 is 2.88 bits per heavy atom. The number of rotatable bonds is 7. The van der Waals surface area contributed by atoms with Crippen molar-refractivity contribution in [1.29, 1.82) is 0 Å². The average Bonchev–Trinajstić information content (AvgIpc) is 2.66. The fourth-order valence-electron chi connectivity index (χ4n) is 1.35. The molecule has 0 amide bonds. The minimum Gasteiger partial charge on any atom is -0.476 e. The van der Waals surface area contributed by atoms with Crippen LogP contribution in [0.25, 0.3) is 0 Å². The second kappa shape index (κ2) is 6.19. The summed E-state index contributed by atoms with van der Waals surface area (Å²) in [6.45, 7) is 0.897. The van der Waals surface area contributed by atoms with Crippen LogP contribution in [-0.4, -0.2) is 51.5 Å². The maximum Gasteiger partial charge on any atom is 0.358 e. The lowest BCUT2D eigenvalue weighted by atomic mass is 10.2. The molecule has 0 unspecified atom stereocenters. The van der Waals surface area contributed by atoms with Gasteiger partial charge in [-0.3, -0.25) is 0 Å². The first-order valence-corrected chi connectivity index (χ1v) is 4.96. The zero-order valence-corrected chi connectivity index (χ0v) is 9.09. The normalized spacial score (nSPS) is 10.6. The highest BCUT2D eigenvalue weighted by atomic mass is 16.5.